The fraction of sp³-hybridized carbons (Fsp3) is 0. The molecule has 2 aromatic rings. The summed E-state index contributed by atoms with van der Waals surface area (Å²) in [7, 11) is 0. The van der Waals surface area contributed by atoms with Crippen LogP contribution in [-0.2, 0) is 0 Å². The summed E-state index contributed by atoms with van der Waals surface area (Å²) in [6.45, 7) is 0. The molecule has 2 rings (SSSR count). The second-order valence-corrected chi connectivity index (χ2v) is 3.83. The van der Waals surface area contributed by atoms with E-state index in [1.165, 1.54) is 18.2 Å². The third kappa shape index (κ3) is 2.89. The summed E-state index contributed by atoms with van der Waals surface area (Å²) in [5, 5.41) is 11.1. The Bertz CT molecular complexity index is 600. The molecular formula is C12H8ClN3O2. The molecule has 0 bridgehead atoms. The average Bonchev–Trinajstić information content (AvgIpc) is 2.38. The van der Waals surface area contributed by atoms with Gasteiger partial charge in [0.25, 0.3) is 5.69 Å². The number of aromatic nitrogens is 2. The van der Waals surface area contributed by atoms with E-state index < -0.39 is 4.92 Å². The number of non-ortho nitro benzene ring substituents is 1. The molecule has 18 heavy (non-hydrogen) atoms. The average molecular weight is 262 g/mol. The third-order valence-electron chi connectivity index (χ3n) is 2.21. The Morgan fingerprint density at radius 2 is 2.11 bits per heavy atom. The number of halogens is 1. The summed E-state index contributed by atoms with van der Waals surface area (Å²) >= 11 is 5.96. The highest BCUT2D eigenvalue weighted by atomic mass is 35.5. The van der Waals surface area contributed by atoms with Gasteiger partial charge in [-0.1, -0.05) is 17.7 Å². The van der Waals surface area contributed by atoms with E-state index in [2.05, 4.69) is 9.97 Å². The lowest BCUT2D eigenvalue weighted by molar-refractivity contribution is -0.384. The fourth-order valence-corrected chi connectivity index (χ4v) is 1.52. The Labute approximate surface area is 108 Å². The molecule has 0 saturated carbocycles. The minimum Gasteiger partial charge on any atom is -0.261 e. The third-order valence-corrected chi connectivity index (χ3v) is 2.55. The number of rotatable bonds is 3. The van der Waals surface area contributed by atoms with Gasteiger partial charge >= 0.3 is 0 Å². The number of hydrogen-bond acceptors (Lipinski definition) is 4. The van der Waals surface area contributed by atoms with Crippen LogP contribution in [0.3, 0.4) is 0 Å². The number of hydrogen-bond donors (Lipinski definition) is 0. The van der Waals surface area contributed by atoms with E-state index in [9.17, 15) is 10.1 Å². The fourth-order valence-electron chi connectivity index (χ4n) is 1.34. The molecule has 0 unspecified atom stereocenters. The highest BCUT2D eigenvalue weighted by molar-refractivity contribution is 6.32. The van der Waals surface area contributed by atoms with E-state index in [1.807, 2.05) is 0 Å². The van der Waals surface area contributed by atoms with Crippen LogP contribution in [0.4, 0.5) is 5.69 Å². The zero-order valence-electron chi connectivity index (χ0n) is 9.15. The Morgan fingerprint density at radius 1 is 1.28 bits per heavy atom. The van der Waals surface area contributed by atoms with Gasteiger partial charge in [0.1, 0.15) is 0 Å². The van der Waals surface area contributed by atoms with Crippen molar-refractivity contribution >= 4 is 29.4 Å². The van der Waals surface area contributed by atoms with Crippen LogP contribution in [0.2, 0.25) is 5.02 Å². The molecular weight excluding hydrogens is 254 g/mol. The van der Waals surface area contributed by atoms with E-state index in [4.69, 9.17) is 11.6 Å². The molecule has 1 aromatic heterocycles. The van der Waals surface area contributed by atoms with E-state index in [-0.39, 0.29) is 5.69 Å². The molecule has 0 saturated heterocycles. The SMILES string of the molecule is O=[N+]([O-])c1ccc(Cl)c(/C=C\c2cnccn2)c1. The topological polar surface area (TPSA) is 68.9 Å². The smallest absolute Gasteiger partial charge is 0.261 e. The number of benzene rings is 1. The van der Waals surface area contributed by atoms with Crippen LogP contribution in [0.15, 0.2) is 36.8 Å². The number of nitrogens with zero attached hydrogens (tertiary/aromatic N) is 3. The molecule has 0 atom stereocenters. The lowest BCUT2D eigenvalue weighted by atomic mass is 10.2. The van der Waals surface area contributed by atoms with Crippen molar-refractivity contribution in [3.05, 3.63) is 63.2 Å². The first-order valence-corrected chi connectivity index (χ1v) is 5.42. The maximum Gasteiger partial charge on any atom is 0.270 e. The molecule has 0 amide bonds. The predicted octanol–water partition coefficient (Wildman–Crippen LogP) is 3.21. The van der Waals surface area contributed by atoms with E-state index >= 15 is 0 Å². The second-order valence-electron chi connectivity index (χ2n) is 3.43. The van der Waals surface area contributed by atoms with E-state index in [0.717, 1.165) is 0 Å². The Kier molecular flexibility index (Phi) is 3.64. The van der Waals surface area contributed by atoms with Crippen molar-refractivity contribution in [3.63, 3.8) is 0 Å². The van der Waals surface area contributed by atoms with Gasteiger partial charge < -0.3 is 0 Å². The van der Waals surface area contributed by atoms with Gasteiger partial charge in [0.05, 0.1) is 16.8 Å². The predicted molar refractivity (Wildman–Crippen MR) is 69.1 cm³/mol. The van der Waals surface area contributed by atoms with Crippen LogP contribution in [0.1, 0.15) is 11.3 Å². The maximum absolute atomic E-state index is 10.7. The van der Waals surface area contributed by atoms with Gasteiger partial charge in [-0.2, -0.15) is 0 Å². The van der Waals surface area contributed by atoms with Crippen LogP contribution in [0.25, 0.3) is 12.2 Å². The largest absolute Gasteiger partial charge is 0.270 e. The van der Waals surface area contributed by atoms with Crippen molar-refractivity contribution in [3.8, 4) is 0 Å². The molecule has 0 radical (unpaired) electrons. The lowest BCUT2D eigenvalue weighted by Gasteiger charge is -1.98. The van der Waals surface area contributed by atoms with Crippen molar-refractivity contribution < 1.29 is 4.92 Å². The monoisotopic (exact) mass is 261 g/mol. The molecule has 6 heteroatoms. The molecule has 1 aromatic carbocycles. The molecule has 0 aliphatic carbocycles. The normalized spacial score (nSPS) is 10.7. The maximum atomic E-state index is 10.7. The zero-order chi connectivity index (χ0) is 13.0. The summed E-state index contributed by atoms with van der Waals surface area (Å²) in [6.07, 6.45) is 8.07. The number of nitro benzene ring substituents is 1. The molecule has 1 heterocycles. The van der Waals surface area contributed by atoms with Crippen molar-refractivity contribution in [2.24, 2.45) is 0 Å². The second kappa shape index (κ2) is 5.37. The standard InChI is InChI=1S/C12H8ClN3O2/c13-12-4-3-11(16(17)18)7-9(12)1-2-10-8-14-5-6-15-10/h1-8H/b2-1-. The minimum absolute atomic E-state index is 0.00167. The van der Waals surface area contributed by atoms with Gasteiger partial charge in [0.2, 0.25) is 0 Å². The van der Waals surface area contributed by atoms with Crippen LogP contribution < -0.4 is 0 Å². The molecule has 0 fully saturated rings. The van der Waals surface area contributed by atoms with Crippen LogP contribution in [0.5, 0.6) is 0 Å². The van der Waals surface area contributed by atoms with Crippen molar-refractivity contribution in [1.29, 1.82) is 0 Å². The Balaban J connectivity index is 2.31. The summed E-state index contributed by atoms with van der Waals surface area (Å²) in [5.41, 5.74) is 1.22. The van der Waals surface area contributed by atoms with E-state index in [1.54, 1.807) is 30.7 Å². The highest BCUT2D eigenvalue weighted by Crippen LogP contribution is 2.23. The molecule has 0 aliphatic heterocycles. The van der Waals surface area contributed by atoms with Gasteiger partial charge in [0, 0.05) is 29.5 Å². The first-order valence-electron chi connectivity index (χ1n) is 5.05. The molecule has 5 nitrogen and oxygen atoms in total. The van der Waals surface area contributed by atoms with E-state index in [0.29, 0.717) is 16.3 Å². The van der Waals surface area contributed by atoms with Crippen molar-refractivity contribution in [2.75, 3.05) is 0 Å². The number of nitro groups is 1. The summed E-state index contributed by atoms with van der Waals surface area (Å²) in [5.74, 6) is 0. The first kappa shape index (κ1) is 12.2. The zero-order valence-corrected chi connectivity index (χ0v) is 9.91. The van der Waals surface area contributed by atoms with Crippen molar-refractivity contribution in [2.45, 2.75) is 0 Å². The summed E-state index contributed by atoms with van der Waals surface area (Å²) in [4.78, 5) is 18.2. The highest BCUT2D eigenvalue weighted by Gasteiger charge is 2.07. The molecule has 0 N–H and O–H groups in total. The van der Waals surface area contributed by atoms with Gasteiger partial charge in [-0.15, -0.1) is 0 Å². The van der Waals surface area contributed by atoms with Crippen LogP contribution >= 0.6 is 11.6 Å². The van der Waals surface area contributed by atoms with Gasteiger partial charge in [-0.05, 0) is 17.7 Å². The first-order chi connectivity index (χ1) is 8.66. The van der Waals surface area contributed by atoms with Crippen LogP contribution in [-0.4, -0.2) is 14.9 Å². The van der Waals surface area contributed by atoms with Gasteiger partial charge in [0.15, 0.2) is 0 Å². The Hall–Kier alpha value is -2.27. The lowest BCUT2D eigenvalue weighted by Crippen LogP contribution is -1.88. The molecule has 0 spiro atoms. The minimum atomic E-state index is -0.462. The molecule has 0 aliphatic rings. The van der Waals surface area contributed by atoms with Crippen molar-refractivity contribution in [1.82, 2.24) is 9.97 Å². The quantitative estimate of drug-likeness (QED) is 0.628. The van der Waals surface area contributed by atoms with Gasteiger partial charge in [-0.25, -0.2) is 0 Å². The summed E-state index contributed by atoms with van der Waals surface area (Å²) in [6, 6.07) is 4.27. The molecule has 90 valence electrons. The Morgan fingerprint density at radius 3 is 2.78 bits per heavy atom. The van der Waals surface area contributed by atoms with Crippen LogP contribution in [0, 0.1) is 10.1 Å². The summed E-state index contributed by atoms with van der Waals surface area (Å²) < 4.78 is 0. The van der Waals surface area contributed by atoms with Gasteiger partial charge in [-0.3, -0.25) is 20.1 Å².